The van der Waals surface area contributed by atoms with E-state index >= 15 is 0 Å². The van der Waals surface area contributed by atoms with Crippen molar-refractivity contribution in [2.75, 3.05) is 0 Å². The second-order valence-electron chi connectivity index (χ2n) is 10.1. The quantitative estimate of drug-likeness (QED) is 0.221. The molecule has 1 heterocycles. The second kappa shape index (κ2) is 12.1. The molecule has 0 unspecified atom stereocenters. The molecule has 0 aliphatic carbocycles. The Bertz CT molecular complexity index is 1730. The van der Waals surface area contributed by atoms with Gasteiger partial charge in [0.15, 0.2) is 0 Å². The Morgan fingerprint density at radius 2 is 1.50 bits per heavy atom. The zero-order valence-electron chi connectivity index (χ0n) is 24.7. The van der Waals surface area contributed by atoms with E-state index in [2.05, 4.69) is 120 Å². The van der Waals surface area contributed by atoms with Gasteiger partial charge in [-0.3, -0.25) is 0 Å². The number of hydrogen-bond donors (Lipinski definition) is 2. The number of allylic oxidation sites excluding steroid dienone is 6. The Hall–Kier alpha value is -4.56. The lowest BCUT2D eigenvalue weighted by atomic mass is 9.80. The van der Waals surface area contributed by atoms with Crippen molar-refractivity contribution in [3.8, 4) is 11.1 Å². The fourth-order valence-corrected chi connectivity index (χ4v) is 5.55. The predicted octanol–water partition coefficient (Wildman–Crippen LogP) is 10.7. The summed E-state index contributed by atoms with van der Waals surface area (Å²) in [6, 6.07) is 19.5. The topological polar surface area (TPSA) is 41.8 Å². The van der Waals surface area contributed by atoms with Gasteiger partial charge in [-0.15, -0.1) is 0 Å². The molecule has 3 aromatic carbocycles. The van der Waals surface area contributed by atoms with Crippen LogP contribution in [-0.2, 0) is 0 Å². The molecule has 0 fully saturated rings. The molecule has 0 saturated carbocycles. The number of fused-ring (bicyclic) bond motifs is 1. The minimum atomic E-state index is 0.739. The van der Waals surface area contributed by atoms with Crippen molar-refractivity contribution in [1.82, 2.24) is 4.98 Å². The number of aromatic nitrogens is 1. The monoisotopic (exact) mass is 524 g/mol. The molecule has 0 saturated heterocycles. The SMILES string of the molecule is C=Cc1c(C=C)c(-c2ccc(C)c(/C=C\C)c2)c2ccccc2c1C(=C/C)/C(C)=C(\C)c1ccc(/C(N)=C/C)[nH]1. The van der Waals surface area contributed by atoms with Gasteiger partial charge in [-0.1, -0.05) is 86.0 Å². The van der Waals surface area contributed by atoms with Gasteiger partial charge < -0.3 is 10.7 Å². The van der Waals surface area contributed by atoms with Crippen molar-refractivity contribution in [3.05, 3.63) is 131 Å². The number of aromatic amines is 1. The number of aryl methyl sites for hydroxylation is 1. The van der Waals surface area contributed by atoms with Crippen LogP contribution in [0.5, 0.6) is 0 Å². The third-order valence-corrected chi connectivity index (χ3v) is 7.85. The molecule has 0 bridgehead atoms. The lowest BCUT2D eigenvalue weighted by molar-refractivity contribution is 1.27. The molecular weight excluding hydrogens is 484 g/mol. The summed E-state index contributed by atoms with van der Waals surface area (Å²) in [5.41, 5.74) is 20.6. The maximum atomic E-state index is 6.17. The van der Waals surface area contributed by atoms with Crippen molar-refractivity contribution in [2.24, 2.45) is 5.73 Å². The van der Waals surface area contributed by atoms with Gasteiger partial charge in [0.05, 0.1) is 11.4 Å². The number of hydrogen-bond acceptors (Lipinski definition) is 1. The molecule has 2 nitrogen and oxygen atoms in total. The molecule has 3 N–H and O–H groups in total. The fourth-order valence-electron chi connectivity index (χ4n) is 5.55. The normalized spacial score (nSPS) is 13.2. The number of nitrogens with two attached hydrogens (primary N) is 1. The highest BCUT2D eigenvalue weighted by Gasteiger charge is 2.21. The molecular formula is C38H40N2. The Kier molecular flexibility index (Phi) is 8.60. The van der Waals surface area contributed by atoms with Gasteiger partial charge >= 0.3 is 0 Å². The molecule has 1 aromatic heterocycles. The Morgan fingerprint density at radius 3 is 2.12 bits per heavy atom. The Balaban J connectivity index is 2.05. The van der Waals surface area contributed by atoms with Gasteiger partial charge in [0.1, 0.15) is 0 Å². The van der Waals surface area contributed by atoms with Crippen molar-refractivity contribution in [3.63, 3.8) is 0 Å². The average molecular weight is 525 g/mol. The van der Waals surface area contributed by atoms with Crippen LogP contribution in [0.25, 0.3) is 57.0 Å². The molecule has 0 radical (unpaired) electrons. The van der Waals surface area contributed by atoms with Gasteiger partial charge in [0.2, 0.25) is 0 Å². The van der Waals surface area contributed by atoms with Crippen molar-refractivity contribution >= 4 is 45.8 Å². The van der Waals surface area contributed by atoms with E-state index in [1.165, 1.54) is 55.3 Å². The molecule has 0 atom stereocenters. The smallest absolute Gasteiger partial charge is 0.0615 e. The van der Waals surface area contributed by atoms with Gasteiger partial charge in [0.25, 0.3) is 0 Å². The molecule has 4 rings (SSSR count). The van der Waals surface area contributed by atoms with E-state index in [-0.39, 0.29) is 0 Å². The molecule has 4 aromatic rings. The number of nitrogens with one attached hydrogen (secondary N) is 1. The van der Waals surface area contributed by atoms with E-state index in [1.54, 1.807) is 0 Å². The Labute approximate surface area is 239 Å². The van der Waals surface area contributed by atoms with Crippen LogP contribution in [0.3, 0.4) is 0 Å². The maximum Gasteiger partial charge on any atom is 0.0615 e. The summed E-state index contributed by atoms with van der Waals surface area (Å²) in [4.78, 5) is 3.49. The molecule has 2 heteroatoms. The second-order valence-corrected chi connectivity index (χ2v) is 10.1. The first kappa shape index (κ1) is 28.4. The van der Waals surface area contributed by atoms with Gasteiger partial charge in [-0.25, -0.2) is 0 Å². The van der Waals surface area contributed by atoms with Crippen molar-refractivity contribution in [1.29, 1.82) is 0 Å². The Morgan fingerprint density at radius 1 is 0.825 bits per heavy atom. The summed E-state index contributed by atoms with van der Waals surface area (Å²) in [6.45, 7) is 21.2. The van der Waals surface area contributed by atoms with Crippen LogP contribution in [0.4, 0.5) is 0 Å². The number of H-pyrrole nitrogens is 1. The van der Waals surface area contributed by atoms with E-state index < -0.39 is 0 Å². The van der Waals surface area contributed by atoms with Crippen LogP contribution in [0, 0.1) is 6.92 Å². The first-order valence-corrected chi connectivity index (χ1v) is 13.8. The van der Waals surface area contributed by atoms with E-state index in [0.717, 1.165) is 28.2 Å². The third-order valence-electron chi connectivity index (χ3n) is 7.85. The van der Waals surface area contributed by atoms with Crippen LogP contribution in [-0.4, -0.2) is 4.98 Å². The van der Waals surface area contributed by atoms with Crippen LogP contribution < -0.4 is 5.73 Å². The van der Waals surface area contributed by atoms with Gasteiger partial charge in [-0.05, 0) is 126 Å². The summed E-state index contributed by atoms with van der Waals surface area (Å²) >= 11 is 0. The first-order chi connectivity index (χ1) is 19.3. The zero-order chi connectivity index (χ0) is 29.0. The molecule has 0 amide bonds. The highest BCUT2D eigenvalue weighted by Crippen LogP contribution is 2.44. The van der Waals surface area contributed by atoms with E-state index in [1.807, 2.05) is 31.2 Å². The van der Waals surface area contributed by atoms with Crippen molar-refractivity contribution < 1.29 is 0 Å². The molecule has 0 aliphatic rings. The molecule has 0 aliphatic heterocycles. The number of benzene rings is 3. The first-order valence-electron chi connectivity index (χ1n) is 13.8. The average Bonchev–Trinajstić information content (AvgIpc) is 3.48. The number of rotatable bonds is 8. The highest BCUT2D eigenvalue weighted by molar-refractivity contribution is 6.11. The molecule has 40 heavy (non-hydrogen) atoms. The largest absolute Gasteiger partial charge is 0.397 e. The summed E-state index contributed by atoms with van der Waals surface area (Å²) in [6.07, 6.45) is 12.3. The lowest BCUT2D eigenvalue weighted by Gasteiger charge is -2.23. The third kappa shape index (κ3) is 5.05. The van der Waals surface area contributed by atoms with E-state index in [9.17, 15) is 0 Å². The highest BCUT2D eigenvalue weighted by atomic mass is 14.8. The van der Waals surface area contributed by atoms with Crippen LogP contribution in [0.15, 0.2) is 91.6 Å². The summed E-state index contributed by atoms with van der Waals surface area (Å²) in [5, 5.41) is 2.39. The van der Waals surface area contributed by atoms with Crippen molar-refractivity contribution in [2.45, 2.75) is 41.5 Å². The van der Waals surface area contributed by atoms with Crippen LogP contribution in [0.2, 0.25) is 0 Å². The zero-order valence-corrected chi connectivity index (χ0v) is 24.7. The fraction of sp³-hybridized carbons (Fsp3) is 0.158. The van der Waals surface area contributed by atoms with Gasteiger partial charge in [-0.2, -0.15) is 0 Å². The lowest BCUT2D eigenvalue weighted by Crippen LogP contribution is -2.01. The summed E-state index contributed by atoms with van der Waals surface area (Å²) in [5.74, 6) is 0. The minimum absolute atomic E-state index is 0.739. The standard InChI is InChI=1S/C38H40N2/c1-9-16-27-23-28(20-19-24(27)6)37-30(11-3)31(12-4)38(33-18-15-14-17-32(33)37)29(10-2)25(7)26(8)35-21-22-36(40-35)34(39)13-5/h9-23,40H,3-4,39H2,1-2,5-8H3/b16-9-,26-25+,29-10+,34-13-. The van der Waals surface area contributed by atoms with E-state index in [4.69, 9.17) is 5.73 Å². The molecule has 0 spiro atoms. The van der Waals surface area contributed by atoms with Crippen LogP contribution >= 0.6 is 0 Å². The summed E-state index contributed by atoms with van der Waals surface area (Å²) in [7, 11) is 0. The summed E-state index contributed by atoms with van der Waals surface area (Å²) < 4.78 is 0. The van der Waals surface area contributed by atoms with Crippen LogP contribution in [0.1, 0.15) is 73.8 Å². The maximum absolute atomic E-state index is 6.17. The minimum Gasteiger partial charge on any atom is -0.397 e. The van der Waals surface area contributed by atoms with E-state index in [0.29, 0.717) is 0 Å². The van der Waals surface area contributed by atoms with Gasteiger partial charge in [0, 0.05) is 5.69 Å². The predicted molar refractivity (Wildman–Crippen MR) is 180 cm³/mol. The molecule has 202 valence electrons.